The predicted molar refractivity (Wildman–Crippen MR) is 86.1 cm³/mol. The number of rotatable bonds is 3. The third-order valence-electron chi connectivity index (χ3n) is 3.01. The lowest BCUT2D eigenvalue weighted by molar-refractivity contribution is 0.102. The second-order valence-corrected chi connectivity index (χ2v) is 5.41. The Kier molecular flexibility index (Phi) is 3.83. The molecule has 2 aromatic carbocycles. The number of carbonyl (C=O) groups is 1. The summed E-state index contributed by atoms with van der Waals surface area (Å²) in [6, 6.07) is 18.7. The van der Waals surface area contributed by atoms with E-state index in [4.69, 9.17) is 0 Å². The van der Waals surface area contributed by atoms with Crippen molar-refractivity contribution in [3.8, 4) is 11.3 Å². The second-order valence-electron chi connectivity index (χ2n) is 4.49. The minimum atomic E-state index is -0.176. The molecule has 0 spiro atoms. The number of H-pyrrole nitrogens is 1. The molecule has 0 aliphatic rings. The van der Waals surface area contributed by atoms with Gasteiger partial charge in [-0.25, -0.2) is 0 Å². The Morgan fingerprint density at radius 1 is 1.05 bits per heavy atom. The van der Waals surface area contributed by atoms with Crippen LogP contribution in [0, 0.1) is 0 Å². The van der Waals surface area contributed by atoms with Gasteiger partial charge in [-0.1, -0.05) is 46.3 Å². The van der Waals surface area contributed by atoms with Crippen LogP contribution in [0.5, 0.6) is 0 Å². The first kappa shape index (κ1) is 13.6. The topological polar surface area (TPSA) is 57.8 Å². The molecule has 5 heteroatoms. The van der Waals surface area contributed by atoms with Crippen molar-refractivity contribution < 1.29 is 4.79 Å². The molecule has 0 saturated carbocycles. The van der Waals surface area contributed by atoms with Crippen molar-refractivity contribution in [2.75, 3.05) is 5.32 Å². The lowest BCUT2D eigenvalue weighted by Crippen LogP contribution is -2.11. The van der Waals surface area contributed by atoms with Crippen LogP contribution in [-0.4, -0.2) is 16.1 Å². The number of carbonyl (C=O) groups excluding carboxylic acids is 1. The molecule has 0 saturated heterocycles. The van der Waals surface area contributed by atoms with E-state index in [2.05, 4.69) is 31.4 Å². The fourth-order valence-electron chi connectivity index (χ4n) is 1.94. The van der Waals surface area contributed by atoms with Crippen LogP contribution in [0.15, 0.2) is 65.1 Å². The number of benzene rings is 2. The molecule has 4 nitrogen and oxygen atoms in total. The number of amides is 1. The van der Waals surface area contributed by atoms with Gasteiger partial charge in [-0.2, -0.15) is 5.10 Å². The monoisotopic (exact) mass is 341 g/mol. The minimum Gasteiger partial charge on any atom is -0.305 e. The first-order valence-electron chi connectivity index (χ1n) is 6.40. The highest BCUT2D eigenvalue weighted by molar-refractivity contribution is 9.10. The average Bonchev–Trinajstić information content (AvgIpc) is 2.97. The summed E-state index contributed by atoms with van der Waals surface area (Å²) in [4.78, 5) is 12.0. The Bertz CT molecular complexity index is 751. The number of halogens is 1. The quantitative estimate of drug-likeness (QED) is 0.753. The van der Waals surface area contributed by atoms with Crippen molar-refractivity contribution in [3.63, 3.8) is 0 Å². The van der Waals surface area contributed by atoms with E-state index in [0.717, 1.165) is 15.7 Å². The molecule has 21 heavy (non-hydrogen) atoms. The van der Waals surface area contributed by atoms with Crippen molar-refractivity contribution >= 4 is 27.7 Å². The summed E-state index contributed by atoms with van der Waals surface area (Å²) in [7, 11) is 0. The maximum atomic E-state index is 12.0. The van der Waals surface area contributed by atoms with Crippen LogP contribution in [-0.2, 0) is 0 Å². The lowest BCUT2D eigenvalue weighted by Gasteiger charge is -2.00. The SMILES string of the molecule is O=C(Nc1cc(-c2ccc(Br)cc2)[nH]n1)c1ccccc1. The van der Waals surface area contributed by atoms with Gasteiger partial charge in [-0.3, -0.25) is 9.89 Å². The Labute approximate surface area is 130 Å². The van der Waals surface area contributed by atoms with Gasteiger partial charge in [0.15, 0.2) is 5.82 Å². The standard InChI is InChI=1S/C16H12BrN3O/c17-13-8-6-11(7-9-13)14-10-15(20-19-14)18-16(21)12-4-2-1-3-5-12/h1-10H,(H2,18,19,20,21). The van der Waals surface area contributed by atoms with E-state index in [0.29, 0.717) is 11.4 Å². The van der Waals surface area contributed by atoms with E-state index in [-0.39, 0.29) is 5.91 Å². The van der Waals surface area contributed by atoms with Crippen molar-refractivity contribution in [1.82, 2.24) is 10.2 Å². The summed E-state index contributed by atoms with van der Waals surface area (Å²) in [5.74, 6) is 0.325. The van der Waals surface area contributed by atoms with E-state index in [1.807, 2.05) is 48.5 Å². The van der Waals surface area contributed by atoms with Crippen molar-refractivity contribution in [1.29, 1.82) is 0 Å². The largest absolute Gasteiger partial charge is 0.305 e. The van der Waals surface area contributed by atoms with Gasteiger partial charge in [0.25, 0.3) is 5.91 Å². The van der Waals surface area contributed by atoms with Gasteiger partial charge in [-0.05, 0) is 29.8 Å². The average molecular weight is 342 g/mol. The van der Waals surface area contributed by atoms with Gasteiger partial charge >= 0.3 is 0 Å². The fourth-order valence-corrected chi connectivity index (χ4v) is 2.21. The fraction of sp³-hybridized carbons (Fsp3) is 0. The van der Waals surface area contributed by atoms with Gasteiger partial charge in [-0.15, -0.1) is 0 Å². The smallest absolute Gasteiger partial charge is 0.256 e. The molecule has 0 bridgehead atoms. The third kappa shape index (κ3) is 3.20. The molecular weight excluding hydrogens is 330 g/mol. The molecule has 1 heterocycles. The number of aromatic nitrogens is 2. The second kappa shape index (κ2) is 5.93. The van der Waals surface area contributed by atoms with Crippen molar-refractivity contribution in [2.24, 2.45) is 0 Å². The van der Waals surface area contributed by atoms with Crippen molar-refractivity contribution in [3.05, 3.63) is 70.7 Å². The zero-order valence-corrected chi connectivity index (χ0v) is 12.6. The van der Waals surface area contributed by atoms with E-state index >= 15 is 0 Å². The first-order chi connectivity index (χ1) is 10.2. The van der Waals surface area contributed by atoms with Gasteiger partial charge in [0, 0.05) is 16.1 Å². The molecule has 0 radical (unpaired) electrons. The van der Waals surface area contributed by atoms with E-state index < -0.39 is 0 Å². The summed E-state index contributed by atoms with van der Waals surface area (Å²) in [5.41, 5.74) is 2.46. The molecule has 0 aliphatic heterocycles. The first-order valence-corrected chi connectivity index (χ1v) is 7.19. The van der Waals surface area contributed by atoms with Crippen LogP contribution in [0.2, 0.25) is 0 Å². The third-order valence-corrected chi connectivity index (χ3v) is 3.54. The highest BCUT2D eigenvalue weighted by Gasteiger charge is 2.08. The summed E-state index contributed by atoms with van der Waals surface area (Å²) in [5, 5.41) is 9.80. The highest BCUT2D eigenvalue weighted by atomic mass is 79.9. The highest BCUT2D eigenvalue weighted by Crippen LogP contribution is 2.22. The van der Waals surface area contributed by atoms with Crippen LogP contribution in [0.3, 0.4) is 0 Å². The van der Waals surface area contributed by atoms with Crippen LogP contribution in [0.1, 0.15) is 10.4 Å². The molecule has 0 atom stereocenters. The Morgan fingerprint density at radius 3 is 2.48 bits per heavy atom. The number of hydrogen-bond acceptors (Lipinski definition) is 2. The van der Waals surface area contributed by atoms with Crippen LogP contribution in [0.4, 0.5) is 5.82 Å². The normalized spacial score (nSPS) is 10.3. The Hall–Kier alpha value is -2.40. The Balaban J connectivity index is 1.76. The molecule has 1 aromatic heterocycles. The van der Waals surface area contributed by atoms with Gasteiger partial charge in [0.05, 0.1) is 5.69 Å². The van der Waals surface area contributed by atoms with Crippen LogP contribution in [0.25, 0.3) is 11.3 Å². The molecule has 1 amide bonds. The number of nitrogens with zero attached hydrogens (tertiary/aromatic N) is 1. The molecule has 104 valence electrons. The molecule has 3 aromatic rings. The van der Waals surface area contributed by atoms with E-state index in [9.17, 15) is 4.79 Å². The zero-order valence-electron chi connectivity index (χ0n) is 11.0. The van der Waals surface area contributed by atoms with Crippen LogP contribution < -0.4 is 5.32 Å². The van der Waals surface area contributed by atoms with Gasteiger partial charge < -0.3 is 5.32 Å². The number of anilines is 1. The Morgan fingerprint density at radius 2 is 1.76 bits per heavy atom. The minimum absolute atomic E-state index is 0.176. The molecule has 2 N–H and O–H groups in total. The molecule has 3 rings (SSSR count). The summed E-state index contributed by atoms with van der Waals surface area (Å²) in [6.07, 6.45) is 0. The summed E-state index contributed by atoms with van der Waals surface area (Å²) >= 11 is 3.40. The number of hydrogen-bond donors (Lipinski definition) is 2. The van der Waals surface area contributed by atoms with Crippen LogP contribution >= 0.6 is 15.9 Å². The summed E-state index contributed by atoms with van der Waals surface area (Å²) in [6.45, 7) is 0. The van der Waals surface area contributed by atoms with E-state index in [1.165, 1.54) is 0 Å². The maximum absolute atomic E-state index is 12.0. The maximum Gasteiger partial charge on any atom is 0.256 e. The molecule has 0 unspecified atom stereocenters. The van der Waals surface area contributed by atoms with Gasteiger partial charge in [0.1, 0.15) is 0 Å². The van der Waals surface area contributed by atoms with Gasteiger partial charge in [0.2, 0.25) is 0 Å². The number of nitrogens with one attached hydrogen (secondary N) is 2. The number of aromatic amines is 1. The lowest BCUT2D eigenvalue weighted by atomic mass is 10.1. The molecule has 0 aliphatic carbocycles. The van der Waals surface area contributed by atoms with E-state index in [1.54, 1.807) is 12.1 Å². The molecular formula is C16H12BrN3O. The summed E-state index contributed by atoms with van der Waals surface area (Å²) < 4.78 is 1.02. The van der Waals surface area contributed by atoms with Crippen molar-refractivity contribution in [2.45, 2.75) is 0 Å². The predicted octanol–water partition coefficient (Wildman–Crippen LogP) is 4.09. The molecule has 0 fully saturated rings. The zero-order chi connectivity index (χ0) is 14.7.